The number of nitrogens with zero attached hydrogens (tertiary/aromatic N) is 1. The number of nitrogen functional groups attached to an aromatic ring is 1. The molecule has 4 nitrogen and oxygen atoms in total. The van der Waals surface area contributed by atoms with Crippen molar-refractivity contribution in [2.45, 2.75) is 17.6 Å². The summed E-state index contributed by atoms with van der Waals surface area (Å²) in [6, 6.07) is 10.3. The van der Waals surface area contributed by atoms with Crippen molar-refractivity contribution in [3.05, 3.63) is 58.9 Å². The maximum absolute atomic E-state index is 14.0. The first kappa shape index (κ1) is 15.0. The molecule has 0 bridgehead atoms. The Morgan fingerprint density at radius 1 is 1.29 bits per heavy atom. The first-order chi connectivity index (χ1) is 9.85. The third-order valence-electron chi connectivity index (χ3n) is 3.08. The Balaban J connectivity index is 2.45. The Morgan fingerprint density at radius 3 is 2.62 bits per heavy atom. The molecule has 0 heterocycles. The molecular weight excluding hydrogens is 291 g/mol. The molecule has 2 N–H and O–H groups in total. The number of anilines is 1. The minimum atomic E-state index is -3.71. The van der Waals surface area contributed by atoms with Gasteiger partial charge in [0.25, 0.3) is 0 Å². The lowest BCUT2D eigenvalue weighted by Crippen LogP contribution is -2.09. The van der Waals surface area contributed by atoms with Crippen LogP contribution in [0.2, 0.25) is 0 Å². The van der Waals surface area contributed by atoms with Gasteiger partial charge in [0.05, 0.1) is 16.2 Å². The lowest BCUT2D eigenvalue weighted by molar-refractivity contribution is 0.585. The van der Waals surface area contributed by atoms with Crippen molar-refractivity contribution in [2.75, 3.05) is 5.73 Å². The second-order valence-electron chi connectivity index (χ2n) is 4.67. The largest absolute Gasteiger partial charge is 0.399 e. The van der Waals surface area contributed by atoms with Crippen LogP contribution in [-0.4, -0.2) is 8.42 Å². The molecule has 6 heteroatoms. The van der Waals surface area contributed by atoms with E-state index in [0.717, 1.165) is 0 Å². The quantitative estimate of drug-likeness (QED) is 0.883. The molecule has 0 aliphatic rings. The third-order valence-corrected chi connectivity index (χ3v) is 4.90. The molecule has 21 heavy (non-hydrogen) atoms. The van der Waals surface area contributed by atoms with Gasteiger partial charge in [0.2, 0.25) is 0 Å². The van der Waals surface area contributed by atoms with Crippen molar-refractivity contribution in [1.29, 1.82) is 5.26 Å². The summed E-state index contributed by atoms with van der Waals surface area (Å²) in [7, 11) is -3.71. The molecule has 108 valence electrons. The van der Waals surface area contributed by atoms with E-state index >= 15 is 0 Å². The molecule has 2 aromatic carbocycles. The van der Waals surface area contributed by atoms with Crippen molar-refractivity contribution >= 4 is 15.5 Å². The van der Waals surface area contributed by atoms with Gasteiger partial charge in [-0.3, -0.25) is 0 Å². The highest BCUT2D eigenvalue weighted by Crippen LogP contribution is 2.24. The fraction of sp³-hybridized carbons (Fsp3) is 0.133. The number of hydrogen-bond acceptors (Lipinski definition) is 4. The van der Waals surface area contributed by atoms with Crippen molar-refractivity contribution in [2.24, 2.45) is 0 Å². The highest BCUT2D eigenvalue weighted by atomic mass is 32.2. The SMILES string of the molecule is Cc1cc(N)ccc1S(=O)(=O)Cc1cccc(C#N)c1F. The van der Waals surface area contributed by atoms with Crippen LogP contribution < -0.4 is 5.73 Å². The lowest BCUT2D eigenvalue weighted by atomic mass is 10.1. The highest BCUT2D eigenvalue weighted by molar-refractivity contribution is 7.90. The summed E-state index contributed by atoms with van der Waals surface area (Å²) in [4.78, 5) is 0.110. The van der Waals surface area contributed by atoms with Gasteiger partial charge >= 0.3 is 0 Å². The molecule has 0 radical (unpaired) electrons. The summed E-state index contributed by atoms with van der Waals surface area (Å²) in [5, 5.41) is 8.78. The number of benzene rings is 2. The Bertz CT molecular complexity index is 839. The van der Waals surface area contributed by atoms with Crippen LogP contribution in [0.4, 0.5) is 10.1 Å². The van der Waals surface area contributed by atoms with E-state index in [9.17, 15) is 12.8 Å². The van der Waals surface area contributed by atoms with Crippen LogP contribution in [0.1, 0.15) is 16.7 Å². The van der Waals surface area contributed by atoms with Gasteiger partial charge in [-0.1, -0.05) is 12.1 Å². The van der Waals surface area contributed by atoms with Crippen LogP contribution in [0.25, 0.3) is 0 Å². The van der Waals surface area contributed by atoms with Gasteiger partial charge in [0.1, 0.15) is 11.9 Å². The molecule has 0 aliphatic heterocycles. The molecule has 0 spiro atoms. The number of nitriles is 1. The third kappa shape index (κ3) is 3.03. The summed E-state index contributed by atoms with van der Waals surface area (Å²) in [5.74, 6) is -1.30. The Morgan fingerprint density at radius 2 is 2.00 bits per heavy atom. The van der Waals surface area contributed by atoms with E-state index in [2.05, 4.69) is 0 Å². The zero-order chi connectivity index (χ0) is 15.6. The molecule has 0 fully saturated rings. The fourth-order valence-corrected chi connectivity index (χ4v) is 3.69. The monoisotopic (exact) mass is 304 g/mol. The van der Waals surface area contributed by atoms with Crippen LogP contribution in [0.5, 0.6) is 0 Å². The van der Waals surface area contributed by atoms with Gasteiger partial charge in [0.15, 0.2) is 9.84 Å². The van der Waals surface area contributed by atoms with Crippen LogP contribution >= 0.6 is 0 Å². The topological polar surface area (TPSA) is 84.0 Å². The molecule has 0 saturated carbocycles. The normalized spacial score (nSPS) is 11.1. The number of halogens is 1. The second kappa shape index (κ2) is 5.54. The molecular formula is C15H13FN2O2S. The predicted octanol–water partition coefficient (Wildman–Crippen LogP) is 2.56. The molecule has 0 aromatic heterocycles. The van der Waals surface area contributed by atoms with Gasteiger partial charge in [-0.25, -0.2) is 12.8 Å². The molecule has 0 saturated heterocycles. The van der Waals surface area contributed by atoms with Gasteiger partial charge in [-0.15, -0.1) is 0 Å². The minimum Gasteiger partial charge on any atom is -0.399 e. The predicted molar refractivity (Wildman–Crippen MR) is 77.6 cm³/mol. The van der Waals surface area contributed by atoms with Crippen LogP contribution in [0, 0.1) is 24.1 Å². The van der Waals surface area contributed by atoms with Gasteiger partial charge in [-0.05, 0) is 36.8 Å². The Kier molecular flexibility index (Phi) is 3.96. The average Bonchev–Trinajstić information content (AvgIpc) is 2.40. The lowest BCUT2D eigenvalue weighted by Gasteiger charge is -2.09. The maximum atomic E-state index is 14.0. The zero-order valence-corrected chi connectivity index (χ0v) is 12.1. The summed E-state index contributed by atoms with van der Waals surface area (Å²) in [5.41, 5.74) is 6.37. The van der Waals surface area contributed by atoms with E-state index in [1.165, 1.54) is 30.3 Å². The molecule has 0 aliphatic carbocycles. The van der Waals surface area contributed by atoms with Crippen molar-refractivity contribution in [3.8, 4) is 6.07 Å². The van der Waals surface area contributed by atoms with E-state index in [1.54, 1.807) is 19.1 Å². The van der Waals surface area contributed by atoms with E-state index < -0.39 is 21.4 Å². The van der Waals surface area contributed by atoms with E-state index in [0.29, 0.717) is 11.3 Å². The fourth-order valence-electron chi connectivity index (χ4n) is 2.08. The maximum Gasteiger partial charge on any atom is 0.182 e. The first-order valence-corrected chi connectivity index (χ1v) is 7.77. The van der Waals surface area contributed by atoms with E-state index in [4.69, 9.17) is 11.0 Å². The highest BCUT2D eigenvalue weighted by Gasteiger charge is 2.20. The summed E-state index contributed by atoms with van der Waals surface area (Å²) in [6.07, 6.45) is 0. The zero-order valence-electron chi connectivity index (χ0n) is 11.3. The van der Waals surface area contributed by atoms with Crippen LogP contribution in [-0.2, 0) is 15.6 Å². The van der Waals surface area contributed by atoms with Crippen LogP contribution in [0.15, 0.2) is 41.3 Å². The molecule has 0 atom stereocenters. The Labute approximate surface area is 122 Å². The number of sulfone groups is 1. The van der Waals surface area contributed by atoms with Crippen molar-refractivity contribution < 1.29 is 12.8 Å². The first-order valence-electron chi connectivity index (χ1n) is 6.11. The van der Waals surface area contributed by atoms with Gasteiger partial charge < -0.3 is 5.73 Å². The van der Waals surface area contributed by atoms with Crippen molar-refractivity contribution in [3.63, 3.8) is 0 Å². The van der Waals surface area contributed by atoms with Crippen LogP contribution in [0.3, 0.4) is 0 Å². The number of hydrogen-bond donors (Lipinski definition) is 1. The second-order valence-corrected chi connectivity index (χ2v) is 6.63. The Hall–Kier alpha value is -2.39. The summed E-state index contributed by atoms with van der Waals surface area (Å²) >= 11 is 0. The average molecular weight is 304 g/mol. The molecule has 0 amide bonds. The van der Waals surface area contributed by atoms with Crippen molar-refractivity contribution in [1.82, 2.24) is 0 Å². The molecule has 2 aromatic rings. The minimum absolute atomic E-state index is 0.0229. The summed E-state index contributed by atoms with van der Waals surface area (Å²) in [6.45, 7) is 1.63. The summed E-state index contributed by atoms with van der Waals surface area (Å²) < 4.78 is 38.8. The van der Waals surface area contributed by atoms with Gasteiger partial charge in [0, 0.05) is 11.3 Å². The number of aryl methyl sites for hydroxylation is 1. The standard InChI is InChI=1S/C15H13FN2O2S/c1-10-7-13(18)5-6-14(10)21(19,20)9-12-4-2-3-11(8-17)15(12)16/h2-7H,9,18H2,1H3. The van der Waals surface area contributed by atoms with E-state index in [1.807, 2.05) is 0 Å². The number of rotatable bonds is 3. The van der Waals surface area contributed by atoms with Gasteiger partial charge in [-0.2, -0.15) is 5.26 Å². The molecule has 2 rings (SSSR count). The number of nitrogens with two attached hydrogens (primary N) is 1. The smallest absolute Gasteiger partial charge is 0.182 e. The molecule has 0 unspecified atom stereocenters. The van der Waals surface area contributed by atoms with E-state index in [-0.39, 0.29) is 16.0 Å².